The molecule has 138 valence electrons. The molecule has 1 N–H and O–H groups in total. The van der Waals surface area contributed by atoms with Gasteiger partial charge in [0.1, 0.15) is 6.54 Å². The first-order valence-corrected chi connectivity index (χ1v) is 8.34. The molecule has 0 radical (unpaired) electrons. The standard InChI is InChI=1S/C18H16N4O5/c1-11(23)21-7-6-12-9-13(4-5-14(12)21)19-16(24)10-22-18(25)27-17(20-22)15-3-2-8-26-15/h2-5,8-9H,6-7,10H2,1H3,(H,19,24). The van der Waals surface area contributed by atoms with Gasteiger partial charge in [-0.1, -0.05) is 0 Å². The fourth-order valence-corrected chi connectivity index (χ4v) is 3.05. The number of nitrogens with zero attached hydrogens (tertiary/aromatic N) is 3. The molecular weight excluding hydrogens is 352 g/mol. The van der Waals surface area contributed by atoms with Crippen LogP contribution in [0.25, 0.3) is 11.7 Å². The maximum atomic E-state index is 12.3. The number of carbonyl (C=O) groups excluding carboxylic acids is 2. The molecule has 0 spiro atoms. The Bertz CT molecular complexity index is 1060. The number of hydrogen-bond acceptors (Lipinski definition) is 6. The van der Waals surface area contributed by atoms with Crippen molar-refractivity contribution in [3.8, 4) is 11.7 Å². The van der Waals surface area contributed by atoms with Gasteiger partial charge in [0.15, 0.2) is 5.76 Å². The van der Waals surface area contributed by atoms with Crippen LogP contribution >= 0.6 is 0 Å². The zero-order valence-electron chi connectivity index (χ0n) is 14.5. The summed E-state index contributed by atoms with van der Waals surface area (Å²) in [4.78, 5) is 37.4. The third-order valence-corrected chi connectivity index (χ3v) is 4.27. The highest BCUT2D eigenvalue weighted by Crippen LogP contribution is 2.30. The van der Waals surface area contributed by atoms with Crippen molar-refractivity contribution in [2.75, 3.05) is 16.8 Å². The second kappa shape index (κ2) is 6.60. The van der Waals surface area contributed by atoms with Crippen molar-refractivity contribution in [3.63, 3.8) is 0 Å². The topological polar surface area (TPSA) is 111 Å². The predicted molar refractivity (Wildman–Crippen MR) is 95.3 cm³/mol. The summed E-state index contributed by atoms with van der Waals surface area (Å²) in [5.74, 6) is -0.858. The van der Waals surface area contributed by atoms with Crippen LogP contribution in [0.5, 0.6) is 0 Å². The van der Waals surface area contributed by atoms with E-state index in [1.807, 2.05) is 6.07 Å². The molecule has 0 atom stereocenters. The van der Waals surface area contributed by atoms with Gasteiger partial charge in [0.05, 0.1) is 6.26 Å². The number of nitrogens with one attached hydrogen (secondary N) is 1. The van der Waals surface area contributed by atoms with Gasteiger partial charge in [-0.2, -0.15) is 4.68 Å². The SMILES string of the molecule is CC(=O)N1CCc2cc(NC(=O)Cn3nc(-c4ccco4)oc3=O)ccc21. The van der Waals surface area contributed by atoms with Gasteiger partial charge in [-0.15, -0.1) is 5.10 Å². The third kappa shape index (κ3) is 3.26. The Kier molecular flexibility index (Phi) is 4.11. The lowest BCUT2D eigenvalue weighted by Crippen LogP contribution is -2.26. The summed E-state index contributed by atoms with van der Waals surface area (Å²) in [6, 6.07) is 8.59. The summed E-state index contributed by atoms with van der Waals surface area (Å²) in [6.45, 7) is 1.86. The molecule has 0 saturated carbocycles. The normalized spacial score (nSPS) is 12.9. The number of furan rings is 1. The maximum absolute atomic E-state index is 12.3. The van der Waals surface area contributed by atoms with E-state index in [-0.39, 0.29) is 18.3 Å². The van der Waals surface area contributed by atoms with Crippen LogP contribution in [-0.2, 0) is 22.6 Å². The van der Waals surface area contributed by atoms with E-state index in [4.69, 9.17) is 8.83 Å². The van der Waals surface area contributed by atoms with Crippen LogP contribution in [0.3, 0.4) is 0 Å². The van der Waals surface area contributed by atoms with Crippen LogP contribution in [0.4, 0.5) is 11.4 Å². The molecule has 0 saturated heterocycles. The van der Waals surface area contributed by atoms with E-state index < -0.39 is 11.7 Å². The molecule has 3 aromatic rings. The largest absolute Gasteiger partial charge is 0.459 e. The first kappa shape index (κ1) is 16.8. The lowest BCUT2D eigenvalue weighted by Gasteiger charge is -2.15. The minimum atomic E-state index is -0.748. The minimum Gasteiger partial charge on any atom is -0.459 e. The number of aromatic nitrogens is 2. The summed E-state index contributed by atoms with van der Waals surface area (Å²) in [5.41, 5.74) is 2.44. The Morgan fingerprint density at radius 1 is 1.30 bits per heavy atom. The minimum absolute atomic E-state index is 0.0108. The van der Waals surface area contributed by atoms with Crippen molar-refractivity contribution >= 4 is 23.2 Å². The summed E-state index contributed by atoms with van der Waals surface area (Å²) in [5, 5.41) is 6.69. The van der Waals surface area contributed by atoms with Gasteiger partial charge in [0.25, 0.3) is 5.89 Å². The number of amides is 2. The Morgan fingerprint density at radius 3 is 2.89 bits per heavy atom. The van der Waals surface area contributed by atoms with Crippen molar-refractivity contribution in [2.45, 2.75) is 19.9 Å². The second-order valence-corrected chi connectivity index (χ2v) is 6.12. The van der Waals surface area contributed by atoms with Crippen LogP contribution in [0, 0.1) is 0 Å². The van der Waals surface area contributed by atoms with Crippen molar-refractivity contribution in [2.24, 2.45) is 0 Å². The number of rotatable bonds is 4. The fourth-order valence-electron chi connectivity index (χ4n) is 3.05. The van der Waals surface area contributed by atoms with E-state index in [2.05, 4.69) is 10.4 Å². The average Bonchev–Trinajstić information content (AvgIpc) is 3.34. The molecule has 0 unspecified atom stereocenters. The van der Waals surface area contributed by atoms with E-state index in [0.29, 0.717) is 18.0 Å². The number of benzene rings is 1. The molecule has 27 heavy (non-hydrogen) atoms. The van der Waals surface area contributed by atoms with Crippen molar-refractivity contribution < 1.29 is 18.4 Å². The van der Waals surface area contributed by atoms with Crippen molar-refractivity contribution in [3.05, 3.63) is 52.7 Å². The molecule has 0 aliphatic carbocycles. The summed E-state index contributed by atoms with van der Waals surface area (Å²) in [6.07, 6.45) is 2.16. The van der Waals surface area contributed by atoms with Gasteiger partial charge in [0, 0.05) is 24.8 Å². The number of fused-ring (bicyclic) bond motifs is 1. The second-order valence-electron chi connectivity index (χ2n) is 6.12. The van der Waals surface area contributed by atoms with E-state index in [0.717, 1.165) is 22.4 Å². The van der Waals surface area contributed by atoms with Gasteiger partial charge < -0.3 is 19.1 Å². The Balaban J connectivity index is 1.46. The number of anilines is 2. The van der Waals surface area contributed by atoms with Crippen LogP contribution in [0.15, 0.2) is 50.2 Å². The number of hydrogen-bond donors (Lipinski definition) is 1. The monoisotopic (exact) mass is 368 g/mol. The fraction of sp³-hybridized carbons (Fsp3) is 0.222. The molecule has 0 fully saturated rings. The third-order valence-electron chi connectivity index (χ3n) is 4.27. The Hall–Kier alpha value is -3.62. The van der Waals surface area contributed by atoms with Gasteiger partial charge in [-0.05, 0) is 42.3 Å². The van der Waals surface area contributed by atoms with Gasteiger partial charge in [0.2, 0.25) is 11.8 Å². The quantitative estimate of drug-likeness (QED) is 0.750. The molecule has 1 aliphatic heterocycles. The average molecular weight is 368 g/mol. The van der Waals surface area contributed by atoms with Gasteiger partial charge in [-0.25, -0.2) is 4.79 Å². The van der Waals surface area contributed by atoms with Gasteiger partial charge in [-0.3, -0.25) is 9.59 Å². The van der Waals surface area contributed by atoms with Crippen LogP contribution in [-0.4, -0.2) is 28.1 Å². The molecule has 9 heteroatoms. The Labute approximate surface area is 153 Å². The van der Waals surface area contributed by atoms with Crippen LogP contribution in [0.1, 0.15) is 12.5 Å². The van der Waals surface area contributed by atoms with E-state index in [1.165, 1.54) is 13.2 Å². The maximum Gasteiger partial charge on any atom is 0.437 e. The lowest BCUT2D eigenvalue weighted by molar-refractivity contribution is -0.117. The summed E-state index contributed by atoms with van der Waals surface area (Å²) >= 11 is 0. The smallest absolute Gasteiger partial charge is 0.437 e. The molecule has 2 amide bonds. The predicted octanol–water partition coefficient (Wildman–Crippen LogP) is 1.64. The molecule has 2 aromatic heterocycles. The summed E-state index contributed by atoms with van der Waals surface area (Å²) in [7, 11) is 0. The van der Waals surface area contributed by atoms with Crippen molar-refractivity contribution in [1.82, 2.24) is 9.78 Å². The molecule has 0 bridgehead atoms. The molecule has 3 heterocycles. The summed E-state index contributed by atoms with van der Waals surface area (Å²) < 4.78 is 11.0. The zero-order chi connectivity index (χ0) is 19.0. The highest BCUT2D eigenvalue weighted by atomic mass is 16.4. The molecule has 9 nitrogen and oxygen atoms in total. The highest BCUT2D eigenvalue weighted by molar-refractivity contribution is 5.95. The first-order chi connectivity index (χ1) is 13.0. The van der Waals surface area contributed by atoms with E-state index >= 15 is 0 Å². The van der Waals surface area contributed by atoms with Crippen LogP contribution in [0.2, 0.25) is 0 Å². The van der Waals surface area contributed by atoms with E-state index in [9.17, 15) is 14.4 Å². The van der Waals surface area contributed by atoms with E-state index in [1.54, 1.807) is 29.2 Å². The first-order valence-electron chi connectivity index (χ1n) is 8.34. The lowest BCUT2D eigenvalue weighted by atomic mass is 10.1. The molecule has 1 aromatic carbocycles. The molecule has 1 aliphatic rings. The van der Waals surface area contributed by atoms with Crippen LogP contribution < -0.4 is 16.0 Å². The van der Waals surface area contributed by atoms with Crippen molar-refractivity contribution in [1.29, 1.82) is 0 Å². The zero-order valence-corrected chi connectivity index (χ0v) is 14.5. The highest BCUT2D eigenvalue weighted by Gasteiger charge is 2.22. The molecule has 4 rings (SSSR count). The van der Waals surface area contributed by atoms with Gasteiger partial charge >= 0.3 is 5.76 Å². The molecular formula is C18H16N4O5. The number of carbonyl (C=O) groups is 2. The Morgan fingerprint density at radius 2 is 2.15 bits per heavy atom.